The van der Waals surface area contributed by atoms with Gasteiger partial charge in [0.1, 0.15) is 18.1 Å². The summed E-state index contributed by atoms with van der Waals surface area (Å²) >= 11 is 0. The number of ether oxygens (including phenoxy) is 1. The number of hydrogen-bond donors (Lipinski definition) is 2. The van der Waals surface area contributed by atoms with Gasteiger partial charge in [-0.15, -0.1) is 0 Å². The lowest BCUT2D eigenvalue weighted by molar-refractivity contribution is 0.168. The van der Waals surface area contributed by atoms with E-state index >= 15 is 0 Å². The molecule has 2 aliphatic heterocycles. The molecule has 4 rings (SSSR count). The third-order valence-electron chi connectivity index (χ3n) is 6.87. The number of sulfone groups is 1. The van der Waals surface area contributed by atoms with E-state index in [1.165, 1.54) is 5.57 Å². The van der Waals surface area contributed by atoms with Gasteiger partial charge in [-0.1, -0.05) is 36.8 Å². The predicted octanol–water partition coefficient (Wildman–Crippen LogP) is 4.63. The Labute approximate surface area is 208 Å². The first kappa shape index (κ1) is 25.5. The average Bonchev–Trinajstić information content (AvgIpc) is 3.09. The fraction of sp³-hybridized carbons (Fsp3) is 0.407. The first-order valence-corrected chi connectivity index (χ1v) is 13.8. The van der Waals surface area contributed by atoms with Gasteiger partial charge in [0.05, 0.1) is 17.1 Å². The van der Waals surface area contributed by atoms with Crippen LogP contribution in [-0.2, 0) is 14.5 Å². The molecule has 8 heteroatoms. The topological polar surface area (TPSA) is 93.1 Å². The second kappa shape index (κ2) is 10.6. The van der Waals surface area contributed by atoms with Gasteiger partial charge in [0, 0.05) is 6.32 Å². The number of para-hydroxylation sites is 1. The quantitative estimate of drug-likeness (QED) is 0.409. The third-order valence-corrected chi connectivity index (χ3v) is 8.93. The molecule has 0 saturated carbocycles. The van der Waals surface area contributed by atoms with Crippen molar-refractivity contribution in [2.75, 3.05) is 12.4 Å². The van der Waals surface area contributed by atoms with Crippen molar-refractivity contribution in [1.82, 2.24) is 0 Å². The van der Waals surface area contributed by atoms with Crippen molar-refractivity contribution in [1.29, 1.82) is 0 Å². The summed E-state index contributed by atoms with van der Waals surface area (Å²) in [5.41, 5.74) is 5.38. The number of benzene rings is 2. The number of rotatable bonds is 8. The van der Waals surface area contributed by atoms with Crippen LogP contribution < -0.4 is 4.74 Å². The van der Waals surface area contributed by atoms with Crippen LogP contribution in [0.2, 0.25) is 6.32 Å². The van der Waals surface area contributed by atoms with Crippen LogP contribution in [0.25, 0.3) is 6.08 Å². The van der Waals surface area contributed by atoms with Gasteiger partial charge in [-0.25, -0.2) is 8.42 Å². The van der Waals surface area contributed by atoms with Gasteiger partial charge < -0.3 is 19.5 Å². The van der Waals surface area contributed by atoms with Crippen LogP contribution in [0.4, 0.5) is 0 Å². The number of phenols is 1. The summed E-state index contributed by atoms with van der Waals surface area (Å²) in [5, 5.41) is 19.7. The van der Waals surface area contributed by atoms with Crippen LogP contribution in [0.15, 0.2) is 59.2 Å². The summed E-state index contributed by atoms with van der Waals surface area (Å²) in [4.78, 5) is 0. The zero-order chi connectivity index (χ0) is 25.2. The molecule has 2 aromatic rings. The van der Waals surface area contributed by atoms with Crippen molar-refractivity contribution in [2.45, 2.75) is 57.7 Å². The molecule has 2 atom stereocenters. The molecule has 2 aliphatic rings. The van der Waals surface area contributed by atoms with Crippen LogP contribution in [0.3, 0.4) is 0 Å². The molecule has 0 bridgehead atoms. The molecule has 2 N–H and O–H groups in total. The van der Waals surface area contributed by atoms with Crippen molar-refractivity contribution in [3.63, 3.8) is 0 Å². The van der Waals surface area contributed by atoms with E-state index in [4.69, 9.17) is 9.39 Å². The molecule has 1 fully saturated rings. The lowest BCUT2D eigenvalue weighted by Gasteiger charge is -2.32. The molecule has 2 heterocycles. The minimum Gasteiger partial charge on any atom is -0.507 e. The Balaban J connectivity index is 1.55. The molecule has 0 radical (unpaired) electrons. The highest BCUT2D eigenvalue weighted by molar-refractivity contribution is 7.92. The molecule has 0 amide bonds. The minimum atomic E-state index is -3.41. The van der Waals surface area contributed by atoms with Gasteiger partial charge in [-0.2, -0.15) is 0 Å². The van der Waals surface area contributed by atoms with Crippen LogP contribution in [0, 0.1) is 13.8 Å². The second-order valence-corrected chi connectivity index (χ2v) is 11.7. The van der Waals surface area contributed by atoms with E-state index in [1.807, 2.05) is 56.3 Å². The number of hydrogen-bond acceptors (Lipinski definition) is 6. The zero-order valence-electron chi connectivity index (χ0n) is 20.5. The molecule has 2 aromatic carbocycles. The maximum atomic E-state index is 12.9. The largest absolute Gasteiger partial charge is 0.507 e. The Bertz CT molecular complexity index is 1210. The molecule has 1 saturated heterocycles. The van der Waals surface area contributed by atoms with Crippen LogP contribution in [-0.4, -0.2) is 49.4 Å². The standard InChI is InChI=1S/C27H33BO6S/c1-4-20(14-21-12-18(2)27(29)19(3)13-21)10-11-24-26-22(16-33-23-8-6-5-7-9-23)17-35(31,32)25(26)15-28(30)34-24/h5-9,12-14,24-25,29-30H,4,10-11,15-17H2,1-3H3/b20-14+/t24-,25+/m1/s1. The van der Waals surface area contributed by atoms with Crippen molar-refractivity contribution < 1.29 is 27.9 Å². The molecule has 0 unspecified atom stereocenters. The summed E-state index contributed by atoms with van der Waals surface area (Å²) in [6.07, 6.45) is 3.81. The SMILES string of the molecule is CC/C(=C\c1cc(C)c(O)c(C)c1)CC[C@H]1OB(O)C[C@H]2C1=C(COc1ccccc1)CS2(=O)=O. The monoisotopic (exact) mass is 496 g/mol. The number of fused-ring (bicyclic) bond motifs is 1. The van der Waals surface area contributed by atoms with E-state index in [9.17, 15) is 18.5 Å². The number of allylic oxidation sites excluding steroid dienone is 1. The Morgan fingerprint density at radius 1 is 1.20 bits per heavy atom. The molecule has 0 aliphatic carbocycles. The fourth-order valence-electron chi connectivity index (χ4n) is 5.07. The van der Waals surface area contributed by atoms with Gasteiger partial charge >= 0.3 is 7.12 Å². The maximum absolute atomic E-state index is 12.9. The van der Waals surface area contributed by atoms with E-state index in [2.05, 4.69) is 13.0 Å². The Hall–Kier alpha value is -2.55. The number of phenolic OH excluding ortho intramolecular Hbond substituents is 1. The molecule has 0 spiro atoms. The second-order valence-electron chi connectivity index (χ2n) is 9.47. The number of aryl methyl sites for hydroxylation is 2. The molecular weight excluding hydrogens is 463 g/mol. The highest BCUT2D eigenvalue weighted by atomic mass is 32.2. The van der Waals surface area contributed by atoms with E-state index in [0.29, 0.717) is 24.3 Å². The molecule has 6 nitrogen and oxygen atoms in total. The Morgan fingerprint density at radius 2 is 1.89 bits per heavy atom. The van der Waals surface area contributed by atoms with Crippen molar-refractivity contribution >= 4 is 23.0 Å². The van der Waals surface area contributed by atoms with Gasteiger partial charge in [0.15, 0.2) is 9.84 Å². The van der Waals surface area contributed by atoms with Crippen LogP contribution in [0.5, 0.6) is 11.5 Å². The molecule has 0 aromatic heterocycles. The van der Waals surface area contributed by atoms with Crippen molar-refractivity contribution in [2.24, 2.45) is 0 Å². The normalized spacial score (nSPS) is 21.8. The smallest absolute Gasteiger partial charge is 0.456 e. The van der Waals surface area contributed by atoms with Crippen molar-refractivity contribution in [3.8, 4) is 11.5 Å². The summed E-state index contributed by atoms with van der Waals surface area (Å²) in [6.45, 7) is 6.04. The van der Waals surface area contributed by atoms with Crippen molar-refractivity contribution in [3.05, 3.63) is 75.9 Å². The lowest BCUT2D eigenvalue weighted by atomic mass is 9.74. The van der Waals surface area contributed by atoms with E-state index in [0.717, 1.165) is 34.3 Å². The summed E-state index contributed by atoms with van der Waals surface area (Å²) in [7, 11) is -4.51. The minimum absolute atomic E-state index is 0.0606. The maximum Gasteiger partial charge on any atom is 0.456 e. The number of aromatic hydroxyl groups is 1. The van der Waals surface area contributed by atoms with Gasteiger partial charge in [-0.3, -0.25) is 0 Å². The molecular formula is C27H33BO6S. The van der Waals surface area contributed by atoms with Crippen LogP contribution >= 0.6 is 0 Å². The van der Waals surface area contributed by atoms with E-state index in [1.54, 1.807) is 0 Å². The fourth-order valence-corrected chi connectivity index (χ4v) is 7.17. The third kappa shape index (κ3) is 5.82. The lowest BCUT2D eigenvalue weighted by Crippen LogP contribution is -2.42. The molecule has 186 valence electrons. The average molecular weight is 496 g/mol. The highest BCUT2D eigenvalue weighted by Gasteiger charge is 2.48. The van der Waals surface area contributed by atoms with E-state index in [-0.39, 0.29) is 18.7 Å². The van der Waals surface area contributed by atoms with Gasteiger partial charge in [0.25, 0.3) is 0 Å². The first-order chi connectivity index (χ1) is 16.7. The zero-order valence-corrected chi connectivity index (χ0v) is 21.3. The Kier molecular flexibility index (Phi) is 7.74. The summed E-state index contributed by atoms with van der Waals surface area (Å²) in [6, 6.07) is 13.3. The van der Waals surface area contributed by atoms with Gasteiger partial charge in [0.2, 0.25) is 0 Å². The molecule has 35 heavy (non-hydrogen) atoms. The summed E-state index contributed by atoms with van der Waals surface area (Å²) in [5.74, 6) is 0.940. The summed E-state index contributed by atoms with van der Waals surface area (Å²) < 4.78 is 37.7. The van der Waals surface area contributed by atoms with Gasteiger partial charge in [-0.05, 0) is 85.2 Å². The first-order valence-electron chi connectivity index (χ1n) is 12.1. The van der Waals surface area contributed by atoms with Crippen LogP contribution in [0.1, 0.15) is 42.9 Å². The Morgan fingerprint density at radius 3 is 2.54 bits per heavy atom. The predicted molar refractivity (Wildman–Crippen MR) is 139 cm³/mol. The van der Waals surface area contributed by atoms with E-state index < -0.39 is 28.3 Å². The highest BCUT2D eigenvalue weighted by Crippen LogP contribution is 2.40.